The van der Waals surface area contributed by atoms with E-state index in [4.69, 9.17) is 15.3 Å². The third-order valence-corrected chi connectivity index (χ3v) is 1.56. The molecule has 15 heavy (non-hydrogen) atoms. The first-order valence-corrected chi connectivity index (χ1v) is 4.41. The van der Waals surface area contributed by atoms with E-state index in [9.17, 15) is 9.59 Å². The number of carboxylic acids is 2. The lowest BCUT2D eigenvalue weighted by Crippen LogP contribution is -2.04. The molecule has 0 unspecified atom stereocenters. The molecule has 0 amide bonds. The molecule has 0 atom stereocenters. The maximum atomic E-state index is 10.7. The van der Waals surface area contributed by atoms with Crippen molar-refractivity contribution in [2.24, 2.45) is 5.92 Å². The second-order valence-corrected chi connectivity index (χ2v) is 3.45. The summed E-state index contributed by atoms with van der Waals surface area (Å²) in [7, 11) is 0. The highest BCUT2D eigenvalue weighted by atomic mass is 16.4. The van der Waals surface area contributed by atoms with Gasteiger partial charge in [0, 0.05) is 5.57 Å². The number of aliphatic hydroxyl groups excluding tert-OH is 1. The van der Waals surface area contributed by atoms with E-state index in [1.54, 1.807) is 0 Å². The largest absolute Gasteiger partial charge is 0.502 e. The van der Waals surface area contributed by atoms with Gasteiger partial charge in [0.15, 0.2) is 0 Å². The molecule has 0 radical (unpaired) electrons. The van der Waals surface area contributed by atoms with E-state index in [0.717, 1.165) is 12.2 Å². The summed E-state index contributed by atoms with van der Waals surface area (Å²) in [6.45, 7) is 3.69. The molecule has 0 spiro atoms. The van der Waals surface area contributed by atoms with Crippen LogP contribution in [0.4, 0.5) is 0 Å². The smallest absolute Gasteiger partial charge is 0.370 e. The molecule has 0 heterocycles. The predicted octanol–water partition coefficient (Wildman–Crippen LogP) is 1.57. The van der Waals surface area contributed by atoms with Crippen LogP contribution in [0.3, 0.4) is 0 Å². The number of carbonyl (C=O) groups is 2. The van der Waals surface area contributed by atoms with Gasteiger partial charge in [-0.05, 0) is 24.5 Å². The van der Waals surface area contributed by atoms with Crippen molar-refractivity contribution in [3.05, 3.63) is 23.5 Å². The van der Waals surface area contributed by atoms with Crippen LogP contribution >= 0.6 is 0 Å². The number of hydrogen-bond donors (Lipinski definition) is 3. The van der Waals surface area contributed by atoms with Crippen LogP contribution in [0.5, 0.6) is 0 Å². The first kappa shape index (κ1) is 13.2. The number of hydrogen-bond acceptors (Lipinski definition) is 3. The zero-order chi connectivity index (χ0) is 12.0. The van der Waals surface area contributed by atoms with Gasteiger partial charge >= 0.3 is 11.9 Å². The Morgan fingerprint density at radius 3 is 1.93 bits per heavy atom. The molecule has 0 aliphatic carbocycles. The Labute approximate surface area is 87.4 Å². The van der Waals surface area contributed by atoms with Crippen molar-refractivity contribution in [3.8, 4) is 0 Å². The molecular formula is C10H14O5. The Kier molecular flexibility index (Phi) is 5.15. The molecule has 0 saturated carbocycles. The summed E-state index contributed by atoms with van der Waals surface area (Å²) in [6.07, 6.45) is 2.29. The van der Waals surface area contributed by atoms with Gasteiger partial charge in [-0.25, -0.2) is 9.59 Å². The molecule has 0 saturated heterocycles. The van der Waals surface area contributed by atoms with Crippen LogP contribution in [0, 0.1) is 5.92 Å². The molecule has 0 bridgehead atoms. The third-order valence-electron chi connectivity index (χ3n) is 1.56. The van der Waals surface area contributed by atoms with Gasteiger partial charge < -0.3 is 15.3 Å². The number of allylic oxidation sites excluding steroid dienone is 2. The van der Waals surface area contributed by atoms with Crippen LogP contribution < -0.4 is 0 Å². The van der Waals surface area contributed by atoms with Crippen molar-refractivity contribution in [2.75, 3.05) is 0 Å². The Morgan fingerprint density at radius 2 is 1.60 bits per heavy atom. The van der Waals surface area contributed by atoms with E-state index < -0.39 is 17.7 Å². The van der Waals surface area contributed by atoms with Crippen LogP contribution in [0.15, 0.2) is 23.5 Å². The fourth-order valence-corrected chi connectivity index (χ4v) is 0.917. The Hall–Kier alpha value is -1.78. The minimum Gasteiger partial charge on any atom is -0.502 e. The molecule has 5 nitrogen and oxygen atoms in total. The topological polar surface area (TPSA) is 94.8 Å². The predicted molar refractivity (Wildman–Crippen MR) is 53.5 cm³/mol. The van der Waals surface area contributed by atoms with Crippen molar-refractivity contribution in [1.29, 1.82) is 0 Å². The summed E-state index contributed by atoms with van der Waals surface area (Å²) in [5.74, 6) is -3.33. The maximum absolute atomic E-state index is 10.7. The van der Waals surface area contributed by atoms with Crippen molar-refractivity contribution in [2.45, 2.75) is 20.3 Å². The molecule has 0 rings (SSSR count). The molecule has 3 N–H and O–H groups in total. The van der Waals surface area contributed by atoms with Gasteiger partial charge in [-0.15, -0.1) is 0 Å². The Morgan fingerprint density at radius 1 is 1.07 bits per heavy atom. The Bertz CT molecular complexity index is 312. The molecule has 0 aliphatic heterocycles. The molecule has 84 valence electrons. The SMILES string of the molecule is CC(C)C/C(=C\C=C(/O)C(=O)O)C(=O)O. The second-order valence-electron chi connectivity index (χ2n) is 3.45. The zero-order valence-corrected chi connectivity index (χ0v) is 8.60. The third kappa shape index (κ3) is 5.51. The number of carboxylic acid groups (broad SMARTS) is 2. The highest BCUT2D eigenvalue weighted by Gasteiger charge is 2.09. The van der Waals surface area contributed by atoms with Gasteiger partial charge in [-0.2, -0.15) is 0 Å². The fraction of sp³-hybridized carbons (Fsp3) is 0.400. The van der Waals surface area contributed by atoms with Gasteiger partial charge in [0.05, 0.1) is 0 Å². The lowest BCUT2D eigenvalue weighted by atomic mass is 10.0. The van der Waals surface area contributed by atoms with Gasteiger partial charge in [0.25, 0.3) is 0 Å². The summed E-state index contributed by atoms with van der Waals surface area (Å²) >= 11 is 0. The van der Waals surface area contributed by atoms with Crippen LogP contribution in [0.1, 0.15) is 20.3 Å². The average Bonchev–Trinajstić information content (AvgIpc) is 2.10. The van der Waals surface area contributed by atoms with Crippen molar-refractivity contribution < 1.29 is 24.9 Å². The minimum atomic E-state index is -1.49. The highest BCUT2D eigenvalue weighted by Crippen LogP contribution is 2.11. The van der Waals surface area contributed by atoms with Crippen molar-refractivity contribution in [1.82, 2.24) is 0 Å². The van der Waals surface area contributed by atoms with Crippen LogP contribution in [0.25, 0.3) is 0 Å². The summed E-state index contributed by atoms with van der Waals surface area (Å²) in [4.78, 5) is 20.9. The van der Waals surface area contributed by atoms with Gasteiger partial charge in [-0.3, -0.25) is 0 Å². The van der Waals surface area contributed by atoms with E-state index in [-0.39, 0.29) is 11.5 Å². The average molecular weight is 214 g/mol. The zero-order valence-electron chi connectivity index (χ0n) is 8.60. The van der Waals surface area contributed by atoms with Gasteiger partial charge in [-0.1, -0.05) is 13.8 Å². The number of aliphatic hydroxyl groups is 1. The van der Waals surface area contributed by atoms with E-state index in [1.165, 1.54) is 0 Å². The monoisotopic (exact) mass is 214 g/mol. The minimum absolute atomic E-state index is 0.0674. The van der Waals surface area contributed by atoms with Gasteiger partial charge in [0.2, 0.25) is 5.76 Å². The molecular weight excluding hydrogens is 200 g/mol. The summed E-state index contributed by atoms with van der Waals surface area (Å²) in [5.41, 5.74) is 0.0674. The van der Waals surface area contributed by atoms with Crippen molar-refractivity contribution in [3.63, 3.8) is 0 Å². The highest BCUT2D eigenvalue weighted by molar-refractivity contribution is 5.88. The van der Waals surface area contributed by atoms with Crippen LogP contribution in [-0.4, -0.2) is 27.3 Å². The first-order chi connectivity index (χ1) is 6.84. The number of aliphatic carboxylic acids is 2. The van der Waals surface area contributed by atoms with Gasteiger partial charge in [0.1, 0.15) is 0 Å². The molecule has 0 aromatic rings. The summed E-state index contributed by atoms with van der Waals surface area (Å²) in [6, 6.07) is 0. The lowest BCUT2D eigenvalue weighted by Gasteiger charge is -2.04. The van der Waals surface area contributed by atoms with E-state index in [2.05, 4.69) is 0 Å². The Balaban J connectivity index is 4.78. The van der Waals surface area contributed by atoms with E-state index in [1.807, 2.05) is 13.8 Å². The second kappa shape index (κ2) is 5.85. The normalized spacial score (nSPS) is 13.0. The quantitative estimate of drug-likeness (QED) is 0.367. The number of rotatable bonds is 5. The molecule has 0 aromatic carbocycles. The lowest BCUT2D eigenvalue weighted by molar-refractivity contribution is -0.135. The van der Waals surface area contributed by atoms with E-state index >= 15 is 0 Å². The van der Waals surface area contributed by atoms with Crippen molar-refractivity contribution >= 4 is 11.9 Å². The maximum Gasteiger partial charge on any atom is 0.370 e. The molecule has 0 aliphatic rings. The molecule has 5 heteroatoms. The standard InChI is InChI=1S/C10H14O5/c1-6(2)5-7(9(12)13)3-4-8(11)10(14)15/h3-4,6,11H,5H2,1-2H3,(H,12,13)(H,14,15)/b7-3+,8-4-. The molecule has 0 aromatic heterocycles. The van der Waals surface area contributed by atoms with Crippen LogP contribution in [-0.2, 0) is 9.59 Å². The first-order valence-electron chi connectivity index (χ1n) is 4.41. The fourth-order valence-electron chi connectivity index (χ4n) is 0.917. The van der Waals surface area contributed by atoms with Crippen LogP contribution in [0.2, 0.25) is 0 Å². The molecule has 0 fully saturated rings. The summed E-state index contributed by atoms with van der Waals surface area (Å²) in [5, 5.41) is 25.9. The van der Waals surface area contributed by atoms with E-state index in [0.29, 0.717) is 6.42 Å². The summed E-state index contributed by atoms with van der Waals surface area (Å²) < 4.78 is 0.